The predicted octanol–water partition coefficient (Wildman–Crippen LogP) is 5.44. The number of nitrogens with one attached hydrogen (secondary N) is 4. The molecular weight excluding hydrogens is 792 g/mol. The molecule has 20 heteroatoms. The molecule has 57 heavy (non-hydrogen) atoms. The van der Waals surface area contributed by atoms with Gasteiger partial charge >= 0.3 is 42.3 Å². The minimum Gasteiger partial charge on any atom is -0.480 e. The van der Waals surface area contributed by atoms with Gasteiger partial charge in [-0.05, 0) is 130 Å². The first-order valence-electron chi connectivity index (χ1n) is 19.6. The van der Waals surface area contributed by atoms with Gasteiger partial charge in [0.2, 0.25) is 0 Å². The monoisotopic (exact) mass is 847 g/mol. The Labute approximate surface area is 333 Å². The molecule has 13 nitrogen and oxygen atoms in total. The second-order valence-electron chi connectivity index (χ2n) is 17.1. The molecule has 326 valence electrons. The van der Waals surface area contributed by atoms with Crippen molar-refractivity contribution in [2.75, 3.05) is 14.2 Å². The Morgan fingerprint density at radius 3 is 1.32 bits per heavy atom. The molecule has 0 spiro atoms. The SMILES string of the molecule is COC(=O)C(N)CC(F)(F)F.COC(=O)[C@@H](NC(=O)NC1C2CC3CC(C2)CC1C3)C1CC1.Cl.O=C(NC(CC(F)(F)F)C(=O)O)NC1C2CC3CC(C2)CC1C3. The largest absolute Gasteiger partial charge is 0.480 e. The third-order valence-corrected chi connectivity index (χ3v) is 12.9. The Balaban J connectivity index is 0.000000200. The fraction of sp³-hybridized carbons (Fsp3) is 0.865. The first-order valence-corrected chi connectivity index (χ1v) is 19.6. The van der Waals surface area contributed by atoms with Crippen molar-refractivity contribution in [2.45, 2.75) is 132 Å². The van der Waals surface area contributed by atoms with Crippen LogP contribution in [0.15, 0.2) is 0 Å². The van der Waals surface area contributed by atoms with Crippen molar-refractivity contribution in [3.05, 3.63) is 0 Å². The van der Waals surface area contributed by atoms with Crippen LogP contribution in [0.3, 0.4) is 0 Å². The Morgan fingerprint density at radius 2 is 1.00 bits per heavy atom. The van der Waals surface area contributed by atoms with E-state index in [2.05, 4.69) is 20.7 Å². The maximum Gasteiger partial charge on any atom is 0.391 e. The number of hydrogen-bond acceptors (Lipinski definition) is 8. The molecule has 0 aromatic carbocycles. The first kappa shape index (κ1) is 46.5. The lowest BCUT2D eigenvalue weighted by Crippen LogP contribution is -2.59. The fourth-order valence-electron chi connectivity index (χ4n) is 10.8. The minimum absolute atomic E-state index is 0. The van der Waals surface area contributed by atoms with E-state index in [0.29, 0.717) is 29.7 Å². The van der Waals surface area contributed by atoms with Gasteiger partial charge in [0.15, 0.2) is 0 Å². The lowest BCUT2D eigenvalue weighted by Gasteiger charge is -2.54. The number of nitrogens with two attached hydrogens (primary N) is 1. The Kier molecular flexibility index (Phi) is 15.7. The average molecular weight is 848 g/mol. The summed E-state index contributed by atoms with van der Waals surface area (Å²) in [6.07, 6.45) is 2.04. The maximum absolute atomic E-state index is 12.4. The third-order valence-electron chi connectivity index (χ3n) is 12.9. The van der Waals surface area contributed by atoms with Crippen molar-refractivity contribution in [1.29, 1.82) is 0 Å². The van der Waals surface area contributed by atoms with E-state index in [9.17, 15) is 50.3 Å². The zero-order valence-corrected chi connectivity index (χ0v) is 32.9. The van der Waals surface area contributed by atoms with E-state index in [1.54, 1.807) is 0 Å². The summed E-state index contributed by atoms with van der Waals surface area (Å²) < 4.78 is 80.5. The quantitative estimate of drug-likeness (QED) is 0.123. The molecule has 0 saturated heterocycles. The first-order chi connectivity index (χ1) is 26.2. The summed E-state index contributed by atoms with van der Waals surface area (Å²) in [5, 5.41) is 19.6. The number of rotatable bonds is 10. The van der Waals surface area contributed by atoms with Gasteiger partial charge in [-0.1, -0.05) is 0 Å². The molecule has 9 saturated carbocycles. The topological polar surface area (TPSA) is 198 Å². The summed E-state index contributed by atoms with van der Waals surface area (Å²) in [7, 11) is 2.37. The van der Waals surface area contributed by atoms with Crippen molar-refractivity contribution < 1.29 is 64.9 Å². The van der Waals surface area contributed by atoms with Crippen molar-refractivity contribution >= 4 is 42.4 Å². The molecular formula is C37H56ClF6N5O8. The summed E-state index contributed by atoms with van der Waals surface area (Å²) in [5.74, 6) is 2.51. The molecule has 9 aliphatic carbocycles. The normalized spacial score (nSPS) is 33.0. The number of halogens is 7. The van der Waals surface area contributed by atoms with Gasteiger partial charge in [0.1, 0.15) is 18.1 Å². The Bertz CT molecular complexity index is 1380. The highest BCUT2D eigenvalue weighted by Gasteiger charge is 2.50. The van der Waals surface area contributed by atoms with Crippen LogP contribution in [0.1, 0.15) is 89.9 Å². The maximum atomic E-state index is 12.4. The van der Waals surface area contributed by atoms with E-state index in [0.717, 1.165) is 69.3 Å². The minimum atomic E-state index is -4.64. The average Bonchev–Trinajstić information content (AvgIpc) is 3.93. The van der Waals surface area contributed by atoms with Gasteiger partial charge in [-0.25, -0.2) is 19.2 Å². The van der Waals surface area contributed by atoms with Crippen LogP contribution in [0.4, 0.5) is 35.9 Å². The number of amides is 4. The van der Waals surface area contributed by atoms with Gasteiger partial charge in [0.05, 0.1) is 27.1 Å². The van der Waals surface area contributed by atoms with Crippen LogP contribution in [0.2, 0.25) is 0 Å². The van der Waals surface area contributed by atoms with Gasteiger partial charge in [0.25, 0.3) is 0 Å². The van der Waals surface area contributed by atoms with E-state index < -0.39 is 61.3 Å². The molecule has 2 unspecified atom stereocenters. The number of methoxy groups -OCH3 is 2. The summed E-state index contributed by atoms with van der Waals surface area (Å²) in [5.41, 5.74) is 4.82. The molecule has 9 fully saturated rings. The molecule has 4 amide bonds. The number of carboxylic acids is 1. The van der Waals surface area contributed by atoms with Crippen LogP contribution in [0, 0.1) is 53.3 Å². The van der Waals surface area contributed by atoms with Crippen LogP contribution in [-0.2, 0) is 23.9 Å². The van der Waals surface area contributed by atoms with Crippen LogP contribution in [0.5, 0.6) is 0 Å². The van der Waals surface area contributed by atoms with Gasteiger partial charge in [-0.15, -0.1) is 12.4 Å². The summed E-state index contributed by atoms with van der Waals surface area (Å²) in [6.45, 7) is 0. The zero-order chi connectivity index (χ0) is 41.1. The predicted molar refractivity (Wildman–Crippen MR) is 194 cm³/mol. The lowest BCUT2D eigenvalue weighted by atomic mass is 9.54. The Hall–Kier alpha value is -3.22. The van der Waals surface area contributed by atoms with Gasteiger partial charge < -0.3 is 41.6 Å². The number of esters is 2. The standard InChI is InChI=1S/C17H26N2O3.C15H21F3N2O3.C5H8F3NO2.ClH/c1-22-16(20)15(11-2-3-11)19-17(21)18-14-12-5-9-4-10(7-12)8-13(14)6-9;16-15(17,18)6-11(13(21)22)19-14(23)20-12-9-2-7-1-8(4-9)5-10(12)3-7;1-11-4(10)3(9)2-5(6,7)8;/h9-15H,2-8H2,1H3,(H2,18,19,21);7-12H,1-6H2,(H,21,22)(H2,19,20,23);3H,2,9H2,1H3;1H/t9?,10?,12?,13?,14?,15-;;;/m0.../s1. The highest BCUT2D eigenvalue weighted by molar-refractivity contribution is 5.85. The van der Waals surface area contributed by atoms with E-state index in [4.69, 9.17) is 15.6 Å². The number of hydrogen-bond donors (Lipinski definition) is 6. The molecule has 9 rings (SSSR count). The highest BCUT2D eigenvalue weighted by Crippen LogP contribution is 2.54. The van der Waals surface area contributed by atoms with Crippen molar-refractivity contribution in [1.82, 2.24) is 21.3 Å². The van der Waals surface area contributed by atoms with Crippen LogP contribution < -0.4 is 27.0 Å². The fourth-order valence-corrected chi connectivity index (χ4v) is 10.8. The summed E-state index contributed by atoms with van der Waals surface area (Å²) in [4.78, 5) is 57.4. The van der Waals surface area contributed by atoms with E-state index in [-0.39, 0.29) is 36.4 Å². The molecule has 0 radical (unpaired) electrons. The van der Waals surface area contributed by atoms with Crippen LogP contribution >= 0.6 is 12.4 Å². The van der Waals surface area contributed by atoms with E-state index in [1.807, 2.05) is 5.32 Å². The molecule has 9 aliphatic rings. The molecule has 8 bridgehead atoms. The van der Waals surface area contributed by atoms with Crippen LogP contribution in [0.25, 0.3) is 0 Å². The number of alkyl halides is 6. The molecule has 0 aliphatic heterocycles. The van der Waals surface area contributed by atoms with Crippen LogP contribution in [-0.4, -0.2) is 91.9 Å². The number of carboxylic acid groups (broad SMARTS) is 1. The van der Waals surface area contributed by atoms with Gasteiger partial charge in [0, 0.05) is 12.1 Å². The van der Waals surface area contributed by atoms with Gasteiger partial charge in [-0.2, -0.15) is 26.3 Å². The summed E-state index contributed by atoms with van der Waals surface area (Å²) >= 11 is 0. The number of ether oxygens (including phenoxy) is 2. The zero-order valence-electron chi connectivity index (χ0n) is 32.0. The van der Waals surface area contributed by atoms with E-state index >= 15 is 0 Å². The number of urea groups is 2. The number of carbonyl (C=O) groups excluding carboxylic acids is 4. The Morgan fingerprint density at radius 1 is 0.632 bits per heavy atom. The molecule has 3 atom stereocenters. The molecule has 0 aromatic heterocycles. The third kappa shape index (κ3) is 13.1. The second-order valence-corrected chi connectivity index (χ2v) is 17.1. The van der Waals surface area contributed by atoms with Crippen molar-refractivity contribution in [2.24, 2.45) is 59.0 Å². The number of aliphatic carboxylic acids is 1. The lowest BCUT2D eigenvalue weighted by molar-refractivity contribution is -0.158. The highest BCUT2D eigenvalue weighted by atomic mass is 35.5. The molecule has 0 aromatic rings. The smallest absolute Gasteiger partial charge is 0.391 e. The van der Waals surface area contributed by atoms with E-state index in [1.165, 1.54) is 45.6 Å². The molecule has 7 N–H and O–H groups in total. The van der Waals surface area contributed by atoms with Crippen molar-refractivity contribution in [3.8, 4) is 0 Å². The van der Waals surface area contributed by atoms with Crippen molar-refractivity contribution in [3.63, 3.8) is 0 Å². The second kappa shape index (κ2) is 19.2. The van der Waals surface area contributed by atoms with Gasteiger partial charge in [-0.3, -0.25) is 4.79 Å². The summed E-state index contributed by atoms with van der Waals surface area (Å²) in [6, 6.07) is -4.75. The molecule has 0 heterocycles. The number of carbonyl (C=O) groups is 5.